The molecule has 1 saturated carbocycles. The Morgan fingerprint density at radius 1 is 1.27 bits per heavy atom. The molecule has 0 spiro atoms. The average molecular weight is 320 g/mol. The van der Waals surface area contributed by atoms with Crippen LogP contribution in [0.15, 0.2) is 42.5 Å². The summed E-state index contributed by atoms with van der Waals surface area (Å²) in [7, 11) is 1.63. The van der Waals surface area contributed by atoms with Crippen LogP contribution in [0, 0.1) is 11.7 Å². The first-order valence-electron chi connectivity index (χ1n) is 7.46. The van der Waals surface area contributed by atoms with Gasteiger partial charge in [0, 0.05) is 17.1 Å². The summed E-state index contributed by atoms with van der Waals surface area (Å²) in [5.41, 5.74) is 2.08. The molecule has 2 atom stereocenters. The zero-order valence-electron chi connectivity index (χ0n) is 12.5. The van der Waals surface area contributed by atoms with Gasteiger partial charge in [-0.2, -0.15) is 0 Å². The highest BCUT2D eigenvalue weighted by atomic mass is 35.5. The summed E-state index contributed by atoms with van der Waals surface area (Å²) in [5.74, 6) is 1.48. The molecule has 0 bridgehead atoms. The summed E-state index contributed by atoms with van der Waals surface area (Å²) >= 11 is 6.14. The fraction of sp³-hybridized carbons (Fsp3) is 0.333. The molecule has 116 valence electrons. The number of ether oxygens (including phenoxy) is 1. The molecule has 1 fully saturated rings. The fourth-order valence-corrected chi connectivity index (χ4v) is 3.09. The van der Waals surface area contributed by atoms with E-state index in [1.165, 1.54) is 6.07 Å². The summed E-state index contributed by atoms with van der Waals surface area (Å²) in [6.07, 6.45) is 1.06. The maximum atomic E-state index is 13.4. The van der Waals surface area contributed by atoms with E-state index in [4.69, 9.17) is 16.3 Å². The number of nitrogens with one attached hydrogen (secondary N) is 1. The van der Waals surface area contributed by atoms with Gasteiger partial charge in [0.25, 0.3) is 0 Å². The molecule has 0 heterocycles. The number of hydrogen-bond donors (Lipinski definition) is 1. The van der Waals surface area contributed by atoms with Crippen molar-refractivity contribution in [2.45, 2.75) is 18.9 Å². The number of halogens is 2. The van der Waals surface area contributed by atoms with Crippen molar-refractivity contribution in [3.8, 4) is 5.75 Å². The molecule has 1 aliphatic rings. The number of rotatable bonds is 6. The van der Waals surface area contributed by atoms with Crippen LogP contribution in [0.4, 0.5) is 4.39 Å². The summed E-state index contributed by atoms with van der Waals surface area (Å²) in [5, 5.41) is 4.22. The van der Waals surface area contributed by atoms with Gasteiger partial charge in [-0.05, 0) is 54.6 Å². The maximum Gasteiger partial charge on any atom is 0.123 e. The van der Waals surface area contributed by atoms with Crippen LogP contribution in [-0.4, -0.2) is 13.7 Å². The van der Waals surface area contributed by atoms with Gasteiger partial charge < -0.3 is 10.1 Å². The number of hydrogen-bond acceptors (Lipinski definition) is 2. The fourth-order valence-electron chi connectivity index (χ4n) is 2.88. The molecule has 2 nitrogen and oxygen atoms in total. The van der Waals surface area contributed by atoms with Crippen molar-refractivity contribution in [1.82, 2.24) is 5.32 Å². The lowest BCUT2D eigenvalue weighted by Gasteiger charge is -2.09. The van der Waals surface area contributed by atoms with Crippen LogP contribution in [0.25, 0.3) is 0 Å². The molecule has 0 amide bonds. The maximum absolute atomic E-state index is 13.4. The SMILES string of the molecule is COc1ccc(F)cc1[C@H]1C[C@@H]1CNCc1ccccc1Cl. The molecular formula is C18H19ClFNO. The molecular weight excluding hydrogens is 301 g/mol. The zero-order valence-corrected chi connectivity index (χ0v) is 13.2. The van der Waals surface area contributed by atoms with Gasteiger partial charge in [0.15, 0.2) is 0 Å². The Hall–Kier alpha value is -1.58. The van der Waals surface area contributed by atoms with Gasteiger partial charge in [-0.15, -0.1) is 0 Å². The largest absolute Gasteiger partial charge is 0.496 e. The highest BCUT2D eigenvalue weighted by molar-refractivity contribution is 6.31. The second kappa shape index (κ2) is 6.67. The van der Waals surface area contributed by atoms with E-state index in [1.807, 2.05) is 24.3 Å². The summed E-state index contributed by atoms with van der Waals surface area (Å²) < 4.78 is 18.8. The Labute approximate surface area is 135 Å². The van der Waals surface area contributed by atoms with Crippen LogP contribution in [0.2, 0.25) is 5.02 Å². The predicted octanol–water partition coefficient (Wildman–Crippen LogP) is 4.38. The summed E-state index contributed by atoms with van der Waals surface area (Å²) in [6.45, 7) is 1.65. The van der Waals surface area contributed by atoms with Crippen molar-refractivity contribution in [3.63, 3.8) is 0 Å². The summed E-state index contributed by atoms with van der Waals surface area (Å²) in [6, 6.07) is 12.6. The van der Waals surface area contributed by atoms with Crippen molar-refractivity contribution < 1.29 is 9.13 Å². The molecule has 0 aromatic heterocycles. The van der Waals surface area contributed by atoms with Gasteiger partial charge in [-0.25, -0.2) is 4.39 Å². The quantitative estimate of drug-likeness (QED) is 0.853. The highest BCUT2D eigenvalue weighted by Crippen LogP contribution is 2.50. The lowest BCUT2D eigenvalue weighted by Crippen LogP contribution is -2.17. The molecule has 0 saturated heterocycles. The molecule has 2 aromatic rings. The van der Waals surface area contributed by atoms with E-state index >= 15 is 0 Å². The number of benzene rings is 2. The highest BCUT2D eigenvalue weighted by Gasteiger charge is 2.39. The molecule has 2 aromatic carbocycles. The third-order valence-electron chi connectivity index (χ3n) is 4.19. The minimum atomic E-state index is -0.203. The van der Waals surface area contributed by atoms with Crippen LogP contribution in [-0.2, 0) is 6.54 Å². The van der Waals surface area contributed by atoms with Crippen LogP contribution >= 0.6 is 11.6 Å². The Balaban J connectivity index is 1.55. The smallest absolute Gasteiger partial charge is 0.123 e. The van der Waals surface area contributed by atoms with E-state index in [2.05, 4.69) is 5.32 Å². The molecule has 1 aliphatic carbocycles. The van der Waals surface area contributed by atoms with E-state index in [0.717, 1.165) is 41.4 Å². The van der Waals surface area contributed by atoms with E-state index in [-0.39, 0.29) is 5.82 Å². The molecule has 4 heteroatoms. The standard InChI is InChI=1S/C18H19ClFNO/c1-22-18-7-6-14(20)9-16(18)15-8-13(15)11-21-10-12-4-2-3-5-17(12)19/h2-7,9,13,15,21H,8,10-11H2,1H3/t13-,15+/m1/s1. The molecule has 3 rings (SSSR count). The normalized spacial score (nSPS) is 20.0. The minimum Gasteiger partial charge on any atom is -0.496 e. The first-order valence-corrected chi connectivity index (χ1v) is 7.84. The van der Waals surface area contributed by atoms with Crippen molar-refractivity contribution in [1.29, 1.82) is 0 Å². The lowest BCUT2D eigenvalue weighted by atomic mass is 10.1. The Morgan fingerprint density at radius 3 is 2.86 bits per heavy atom. The zero-order chi connectivity index (χ0) is 15.5. The van der Waals surface area contributed by atoms with Gasteiger partial charge in [0.05, 0.1) is 7.11 Å². The van der Waals surface area contributed by atoms with E-state index in [9.17, 15) is 4.39 Å². The van der Waals surface area contributed by atoms with Crippen LogP contribution < -0.4 is 10.1 Å². The number of methoxy groups -OCH3 is 1. The minimum absolute atomic E-state index is 0.203. The lowest BCUT2D eigenvalue weighted by molar-refractivity contribution is 0.407. The first-order chi connectivity index (χ1) is 10.7. The van der Waals surface area contributed by atoms with E-state index < -0.39 is 0 Å². The predicted molar refractivity (Wildman–Crippen MR) is 87.0 cm³/mol. The van der Waals surface area contributed by atoms with Crippen LogP contribution in [0.1, 0.15) is 23.5 Å². The Morgan fingerprint density at radius 2 is 2.09 bits per heavy atom. The average Bonchev–Trinajstić information content (AvgIpc) is 3.28. The van der Waals surface area contributed by atoms with Crippen LogP contribution in [0.5, 0.6) is 5.75 Å². The third kappa shape index (κ3) is 3.42. The third-order valence-corrected chi connectivity index (χ3v) is 4.56. The van der Waals surface area contributed by atoms with Gasteiger partial charge >= 0.3 is 0 Å². The first kappa shape index (κ1) is 15.3. The van der Waals surface area contributed by atoms with Crippen molar-refractivity contribution in [2.75, 3.05) is 13.7 Å². The second-order valence-corrected chi connectivity index (χ2v) is 6.12. The van der Waals surface area contributed by atoms with Crippen molar-refractivity contribution in [3.05, 3.63) is 64.4 Å². The Kier molecular flexibility index (Phi) is 4.65. The molecule has 1 N–H and O–H groups in total. The monoisotopic (exact) mass is 319 g/mol. The summed E-state index contributed by atoms with van der Waals surface area (Å²) in [4.78, 5) is 0. The van der Waals surface area contributed by atoms with Crippen molar-refractivity contribution in [2.24, 2.45) is 5.92 Å². The molecule has 0 unspecified atom stereocenters. The molecule has 0 aliphatic heterocycles. The molecule has 22 heavy (non-hydrogen) atoms. The van der Waals surface area contributed by atoms with Gasteiger partial charge in [-0.1, -0.05) is 29.8 Å². The van der Waals surface area contributed by atoms with Gasteiger partial charge in [-0.3, -0.25) is 0 Å². The Bertz CT molecular complexity index is 661. The van der Waals surface area contributed by atoms with Crippen molar-refractivity contribution >= 4 is 11.6 Å². The topological polar surface area (TPSA) is 21.3 Å². The van der Waals surface area contributed by atoms with Crippen LogP contribution in [0.3, 0.4) is 0 Å². The van der Waals surface area contributed by atoms with E-state index in [1.54, 1.807) is 19.2 Å². The van der Waals surface area contributed by atoms with Gasteiger partial charge in [0.1, 0.15) is 11.6 Å². The second-order valence-electron chi connectivity index (χ2n) is 5.71. The molecule has 0 radical (unpaired) electrons. The van der Waals surface area contributed by atoms with Gasteiger partial charge in [0.2, 0.25) is 0 Å². The van der Waals surface area contributed by atoms with E-state index in [0.29, 0.717) is 11.8 Å².